The van der Waals surface area contributed by atoms with Gasteiger partial charge in [0, 0.05) is 48.5 Å². The molecule has 366 valence electrons. The zero-order chi connectivity index (χ0) is 51.2. The van der Waals surface area contributed by atoms with E-state index < -0.39 is 0 Å². The fourth-order valence-electron chi connectivity index (χ4n) is 10.4. The van der Waals surface area contributed by atoms with Gasteiger partial charge in [-0.1, -0.05) is 201 Å². The molecule has 12 rings (SSSR count). The minimum atomic E-state index is 0.553. The average Bonchev–Trinajstić information content (AvgIpc) is 4.23. The Kier molecular flexibility index (Phi) is 13.9. The van der Waals surface area contributed by atoms with E-state index in [1.54, 1.807) is 0 Å². The Hall–Kier alpha value is -8.80. The van der Waals surface area contributed by atoms with E-state index in [1.165, 1.54) is 59.5 Å². The molecular weight excluding hydrogens is 957 g/mol. The summed E-state index contributed by atoms with van der Waals surface area (Å²) in [5, 5.41) is 1.08. The van der Waals surface area contributed by atoms with E-state index in [0.29, 0.717) is 5.92 Å². The molecule has 3 aromatic heterocycles. The lowest BCUT2D eigenvalue weighted by Gasteiger charge is -2.33. The van der Waals surface area contributed by atoms with E-state index in [1.807, 2.05) is 22.7 Å². The van der Waals surface area contributed by atoms with Crippen molar-refractivity contribution in [3.8, 4) is 64.0 Å². The van der Waals surface area contributed by atoms with Crippen molar-refractivity contribution in [3.05, 3.63) is 303 Å². The van der Waals surface area contributed by atoms with Gasteiger partial charge in [-0.3, -0.25) is 0 Å². The Bertz CT molecular complexity index is 3900. The molecule has 2 aliphatic carbocycles. The molecule has 0 saturated heterocycles. The zero-order valence-corrected chi connectivity index (χ0v) is 43.9. The summed E-state index contributed by atoms with van der Waals surface area (Å²) in [6, 6.07) is 83.1. The van der Waals surface area contributed by atoms with Crippen molar-refractivity contribution < 1.29 is 0 Å². The van der Waals surface area contributed by atoms with Crippen molar-refractivity contribution in [1.29, 1.82) is 0 Å². The predicted octanol–water partition coefficient (Wildman–Crippen LogP) is 20.9. The standard InChI is InChI=1S/C72H56N2S2/c1-51(53-39-42-65(43-40-53)74(64-23-10-5-11-24-64)68-26-14-21-57-16-12-13-25-66(57)68)27-28-52(2)73-49-15-22-54(55-29-34-60(35-30-55)71-47-45-69(75-71)58-17-6-3-7-18-58)33-38-63-50-62(41-44-67(63)73)56-31-36-61(37-32-56)72-48-46-70(76-72)59-19-8-4-9-20-59/h3-11,13-15,17-20,22-50,57H,1-2,12,16,21H2. The Labute approximate surface area is 455 Å². The van der Waals surface area contributed by atoms with Crippen molar-refractivity contribution in [2.75, 3.05) is 4.90 Å². The molecule has 0 N–H and O–H groups in total. The number of nitrogens with zero attached hydrogens (tertiary/aromatic N) is 2. The van der Waals surface area contributed by atoms with Crippen molar-refractivity contribution in [1.82, 2.24) is 4.57 Å². The highest BCUT2D eigenvalue weighted by atomic mass is 32.1. The third kappa shape index (κ3) is 10.3. The number of allylic oxidation sites excluding steroid dienone is 9. The molecule has 0 spiro atoms. The van der Waals surface area contributed by atoms with E-state index in [-0.39, 0.29) is 0 Å². The van der Waals surface area contributed by atoms with Gasteiger partial charge in [0.05, 0.1) is 5.52 Å². The van der Waals surface area contributed by atoms with Crippen molar-refractivity contribution in [3.63, 3.8) is 0 Å². The van der Waals surface area contributed by atoms with Gasteiger partial charge in [-0.2, -0.15) is 0 Å². The molecule has 2 aliphatic rings. The van der Waals surface area contributed by atoms with Crippen LogP contribution in [0.4, 0.5) is 11.4 Å². The Morgan fingerprint density at radius 3 is 1.58 bits per heavy atom. The van der Waals surface area contributed by atoms with Gasteiger partial charge in [-0.05, 0) is 171 Å². The smallest absolute Gasteiger partial charge is 0.0528 e. The van der Waals surface area contributed by atoms with Crippen LogP contribution in [-0.4, -0.2) is 4.57 Å². The molecule has 0 fully saturated rings. The molecule has 2 nitrogen and oxygen atoms in total. The second-order valence-electron chi connectivity index (χ2n) is 19.4. The summed E-state index contributed by atoms with van der Waals surface area (Å²) in [5.74, 6) is 0.553. The third-order valence-corrected chi connectivity index (χ3v) is 16.9. The molecule has 4 heteroatoms. The van der Waals surface area contributed by atoms with E-state index in [9.17, 15) is 0 Å². The maximum absolute atomic E-state index is 4.66. The second kappa shape index (κ2) is 22.0. The number of rotatable bonds is 13. The van der Waals surface area contributed by atoms with E-state index in [0.717, 1.165) is 74.2 Å². The molecule has 0 aliphatic heterocycles. The molecule has 76 heavy (non-hydrogen) atoms. The molecule has 10 aromatic rings. The van der Waals surface area contributed by atoms with Crippen LogP contribution in [0, 0.1) is 5.92 Å². The summed E-state index contributed by atoms with van der Waals surface area (Å²) in [6.07, 6.45) is 19.0. The molecule has 0 amide bonds. The normalized spacial score (nSPS) is 13.9. The summed E-state index contributed by atoms with van der Waals surface area (Å²) in [7, 11) is 0. The summed E-state index contributed by atoms with van der Waals surface area (Å²) in [6.45, 7) is 9.21. The van der Waals surface area contributed by atoms with E-state index >= 15 is 0 Å². The number of fused-ring (bicyclic) bond motifs is 2. The topological polar surface area (TPSA) is 8.17 Å². The highest BCUT2D eigenvalue weighted by Crippen LogP contribution is 2.41. The van der Waals surface area contributed by atoms with Crippen LogP contribution in [0.5, 0.6) is 0 Å². The summed E-state index contributed by atoms with van der Waals surface area (Å²) >= 11 is 3.65. The number of para-hydroxylation sites is 1. The van der Waals surface area contributed by atoms with Gasteiger partial charge in [0.2, 0.25) is 0 Å². The number of aromatic nitrogens is 1. The highest BCUT2D eigenvalue weighted by Gasteiger charge is 2.25. The lowest BCUT2D eigenvalue weighted by atomic mass is 9.82. The van der Waals surface area contributed by atoms with Crippen molar-refractivity contribution in [2.24, 2.45) is 5.92 Å². The molecule has 7 aromatic carbocycles. The van der Waals surface area contributed by atoms with Gasteiger partial charge in [0.25, 0.3) is 0 Å². The SMILES string of the molecule is C=C(C=CC(=C)n1cccc(-c2ccc(-c3ccc(-c4ccccc4)s3)cc2)ccc2cc(-c3ccc(-c4ccc(-c5ccccc5)s4)cc3)ccc21)c1ccc(N(C2=C3C=CCCC3CC=C2)c2ccccc2)cc1. The lowest BCUT2D eigenvalue weighted by Crippen LogP contribution is -2.22. The fraction of sp³-hybridized carbons (Fsp3) is 0.0556. The summed E-state index contributed by atoms with van der Waals surface area (Å²) in [4.78, 5) is 7.45. The lowest BCUT2D eigenvalue weighted by molar-refractivity contribution is 0.559. The Morgan fingerprint density at radius 2 is 0.961 bits per heavy atom. The largest absolute Gasteiger partial charge is 0.317 e. The minimum Gasteiger partial charge on any atom is -0.317 e. The maximum atomic E-state index is 4.66. The third-order valence-electron chi connectivity index (χ3n) is 14.5. The molecule has 1 atom stereocenters. The van der Waals surface area contributed by atoms with Crippen LogP contribution in [0.25, 0.3) is 86.2 Å². The molecule has 0 saturated carbocycles. The van der Waals surface area contributed by atoms with Crippen LogP contribution >= 0.6 is 22.7 Å². The summed E-state index contributed by atoms with van der Waals surface area (Å²) < 4.78 is 2.18. The molecule has 0 bridgehead atoms. The average molecular weight is 1010 g/mol. The Morgan fingerprint density at radius 1 is 0.461 bits per heavy atom. The van der Waals surface area contributed by atoms with Gasteiger partial charge in [-0.25, -0.2) is 0 Å². The quantitative estimate of drug-likeness (QED) is 0.105. The van der Waals surface area contributed by atoms with Crippen molar-refractivity contribution >= 4 is 56.2 Å². The van der Waals surface area contributed by atoms with Crippen LogP contribution in [-0.2, 0) is 0 Å². The van der Waals surface area contributed by atoms with Crippen LogP contribution in [0.15, 0.2) is 298 Å². The fourth-order valence-corrected chi connectivity index (χ4v) is 12.5. The highest BCUT2D eigenvalue weighted by molar-refractivity contribution is 7.19. The van der Waals surface area contributed by atoms with Crippen LogP contribution in [0.2, 0.25) is 0 Å². The van der Waals surface area contributed by atoms with Crippen LogP contribution in [0.3, 0.4) is 0 Å². The van der Waals surface area contributed by atoms with Crippen molar-refractivity contribution in [2.45, 2.75) is 19.3 Å². The first-order valence-electron chi connectivity index (χ1n) is 26.1. The second-order valence-corrected chi connectivity index (χ2v) is 21.5. The van der Waals surface area contributed by atoms with Gasteiger partial charge < -0.3 is 9.47 Å². The number of thiophene rings is 2. The first kappa shape index (κ1) is 48.2. The minimum absolute atomic E-state index is 0.553. The van der Waals surface area contributed by atoms with Crippen LogP contribution in [0.1, 0.15) is 24.8 Å². The van der Waals surface area contributed by atoms with Gasteiger partial charge in [0.1, 0.15) is 0 Å². The van der Waals surface area contributed by atoms with Crippen LogP contribution < -0.4 is 4.90 Å². The molecular formula is C72H56N2S2. The zero-order valence-electron chi connectivity index (χ0n) is 42.3. The summed E-state index contributed by atoms with van der Waals surface area (Å²) in [5.41, 5.74) is 18.2. The maximum Gasteiger partial charge on any atom is 0.0528 e. The first-order chi connectivity index (χ1) is 37.5. The van der Waals surface area contributed by atoms with Gasteiger partial charge in [0.15, 0.2) is 0 Å². The van der Waals surface area contributed by atoms with Gasteiger partial charge in [-0.15, -0.1) is 22.7 Å². The number of benzene rings is 7. The van der Waals surface area contributed by atoms with E-state index in [2.05, 4.69) is 296 Å². The number of hydrogen-bond acceptors (Lipinski definition) is 3. The number of anilines is 2. The number of hydrogen-bond donors (Lipinski definition) is 0. The van der Waals surface area contributed by atoms with E-state index in [4.69, 9.17) is 0 Å². The van der Waals surface area contributed by atoms with Gasteiger partial charge >= 0.3 is 0 Å². The predicted molar refractivity (Wildman–Crippen MR) is 329 cm³/mol. The monoisotopic (exact) mass is 1010 g/mol. The molecule has 1 unspecified atom stereocenters. The molecule has 0 radical (unpaired) electrons. The first-order valence-corrected chi connectivity index (χ1v) is 27.7. The molecule has 3 heterocycles. The Balaban J connectivity index is 0.855.